The Hall–Kier alpha value is -0.740. The summed E-state index contributed by atoms with van der Waals surface area (Å²) < 4.78 is 16.2. The molecule has 1 aromatic carbocycles. The van der Waals surface area contributed by atoms with E-state index in [2.05, 4.69) is 22.9 Å². The van der Waals surface area contributed by atoms with Gasteiger partial charge in [-0.3, -0.25) is 0 Å². The summed E-state index contributed by atoms with van der Waals surface area (Å²) >= 11 is 3.42. The average molecular weight is 303 g/mol. The van der Waals surface area contributed by atoms with E-state index in [0.717, 1.165) is 35.4 Å². The zero-order valence-corrected chi connectivity index (χ0v) is 12.0. The number of hydrogen-bond acceptors (Lipinski definition) is 3. The van der Waals surface area contributed by atoms with Gasteiger partial charge in [0.25, 0.3) is 0 Å². The summed E-state index contributed by atoms with van der Waals surface area (Å²) in [6.45, 7) is 4.02. The monoisotopic (exact) mass is 302 g/mol. The minimum atomic E-state index is 0.544. The van der Waals surface area contributed by atoms with Crippen molar-refractivity contribution in [3.8, 4) is 11.5 Å². The summed E-state index contributed by atoms with van der Waals surface area (Å²) in [6.07, 6.45) is 1.03. The normalized spacial score (nSPS) is 10.3. The van der Waals surface area contributed by atoms with Crippen LogP contribution in [0.1, 0.15) is 18.9 Å². The third-order valence-electron chi connectivity index (χ3n) is 2.22. The average Bonchev–Trinajstić information content (AvgIpc) is 2.38. The number of methoxy groups -OCH3 is 1. The molecule has 4 heteroatoms. The largest absolute Gasteiger partial charge is 0.493 e. The van der Waals surface area contributed by atoms with Gasteiger partial charge in [-0.2, -0.15) is 0 Å². The van der Waals surface area contributed by atoms with Crippen molar-refractivity contribution < 1.29 is 14.2 Å². The zero-order chi connectivity index (χ0) is 12.5. The second-order valence-electron chi connectivity index (χ2n) is 3.58. The van der Waals surface area contributed by atoms with Gasteiger partial charge in [0.15, 0.2) is 11.5 Å². The van der Waals surface area contributed by atoms with Gasteiger partial charge in [-0.1, -0.05) is 28.9 Å². The van der Waals surface area contributed by atoms with E-state index in [0.29, 0.717) is 13.2 Å². The predicted octanol–water partition coefficient (Wildman–Crippen LogP) is 3.40. The first-order chi connectivity index (χ1) is 8.31. The van der Waals surface area contributed by atoms with E-state index in [4.69, 9.17) is 14.2 Å². The third kappa shape index (κ3) is 4.96. The molecular weight excluding hydrogens is 284 g/mol. The summed E-state index contributed by atoms with van der Waals surface area (Å²) in [6, 6.07) is 5.90. The van der Waals surface area contributed by atoms with Gasteiger partial charge in [-0.25, -0.2) is 0 Å². The molecule has 1 rings (SSSR count). The van der Waals surface area contributed by atoms with Crippen molar-refractivity contribution >= 4 is 15.9 Å². The standard InChI is InChI=1S/C13H19BrO3/c1-3-6-16-7-8-17-13-9-11(10-14)4-5-12(13)15-2/h4-5,9H,3,6-8,10H2,1-2H3. The molecule has 0 aromatic heterocycles. The van der Waals surface area contributed by atoms with Crippen molar-refractivity contribution in [2.24, 2.45) is 0 Å². The zero-order valence-electron chi connectivity index (χ0n) is 10.4. The van der Waals surface area contributed by atoms with Gasteiger partial charge >= 0.3 is 0 Å². The molecule has 0 spiro atoms. The molecule has 0 saturated carbocycles. The van der Waals surface area contributed by atoms with Crippen LogP contribution in [0, 0.1) is 0 Å². The molecule has 0 amide bonds. The van der Waals surface area contributed by atoms with Crippen LogP contribution in [-0.4, -0.2) is 26.9 Å². The molecule has 0 unspecified atom stereocenters. The lowest BCUT2D eigenvalue weighted by atomic mass is 10.2. The Morgan fingerprint density at radius 2 is 1.94 bits per heavy atom. The molecule has 0 atom stereocenters. The van der Waals surface area contributed by atoms with Crippen molar-refractivity contribution in [2.45, 2.75) is 18.7 Å². The maximum atomic E-state index is 5.65. The van der Waals surface area contributed by atoms with Gasteiger partial charge in [-0.15, -0.1) is 0 Å². The van der Waals surface area contributed by atoms with Crippen molar-refractivity contribution in [2.75, 3.05) is 26.9 Å². The van der Waals surface area contributed by atoms with E-state index >= 15 is 0 Å². The van der Waals surface area contributed by atoms with Crippen LogP contribution in [0.5, 0.6) is 11.5 Å². The molecule has 0 aliphatic heterocycles. The fourth-order valence-electron chi connectivity index (χ4n) is 1.37. The molecule has 0 fully saturated rings. The maximum absolute atomic E-state index is 5.65. The van der Waals surface area contributed by atoms with Crippen LogP contribution in [0.15, 0.2) is 18.2 Å². The Bertz CT molecular complexity index is 328. The smallest absolute Gasteiger partial charge is 0.161 e. The lowest BCUT2D eigenvalue weighted by Gasteiger charge is -2.11. The summed E-state index contributed by atoms with van der Waals surface area (Å²) in [5.41, 5.74) is 1.16. The lowest BCUT2D eigenvalue weighted by Crippen LogP contribution is -2.08. The molecule has 0 saturated heterocycles. The van der Waals surface area contributed by atoms with Crippen molar-refractivity contribution in [3.63, 3.8) is 0 Å². The molecule has 0 radical (unpaired) electrons. The first-order valence-corrected chi connectivity index (χ1v) is 6.87. The fraction of sp³-hybridized carbons (Fsp3) is 0.538. The van der Waals surface area contributed by atoms with Gasteiger partial charge in [0.1, 0.15) is 6.61 Å². The molecule has 17 heavy (non-hydrogen) atoms. The number of hydrogen-bond donors (Lipinski definition) is 0. The number of benzene rings is 1. The molecule has 3 nitrogen and oxygen atoms in total. The van der Waals surface area contributed by atoms with Crippen LogP contribution < -0.4 is 9.47 Å². The second-order valence-corrected chi connectivity index (χ2v) is 4.14. The van der Waals surface area contributed by atoms with Crippen molar-refractivity contribution in [3.05, 3.63) is 23.8 Å². The molecule has 0 bridgehead atoms. The summed E-state index contributed by atoms with van der Waals surface area (Å²) in [7, 11) is 1.64. The quantitative estimate of drug-likeness (QED) is 0.544. The van der Waals surface area contributed by atoms with E-state index in [1.807, 2.05) is 18.2 Å². The molecule has 96 valence electrons. The Morgan fingerprint density at radius 3 is 2.59 bits per heavy atom. The van der Waals surface area contributed by atoms with E-state index in [9.17, 15) is 0 Å². The highest BCUT2D eigenvalue weighted by Gasteiger charge is 2.05. The SMILES string of the molecule is CCCOCCOc1cc(CBr)ccc1OC. The molecule has 1 aromatic rings. The minimum absolute atomic E-state index is 0.544. The van der Waals surface area contributed by atoms with Crippen LogP contribution in [0.25, 0.3) is 0 Å². The number of alkyl halides is 1. The van der Waals surface area contributed by atoms with Crippen LogP contribution in [0.4, 0.5) is 0 Å². The maximum Gasteiger partial charge on any atom is 0.161 e. The van der Waals surface area contributed by atoms with E-state index < -0.39 is 0 Å². The Kier molecular flexibility index (Phi) is 7.05. The number of halogens is 1. The first-order valence-electron chi connectivity index (χ1n) is 5.75. The number of rotatable bonds is 8. The third-order valence-corrected chi connectivity index (χ3v) is 2.86. The van der Waals surface area contributed by atoms with E-state index in [1.165, 1.54) is 0 Å². The summed E-state index contributed by atoms with van der Waals surface area (Å²) in [5.74, 6) is 1.52. The fourth-order valence-corrected chi connectivity index (χ4v) is 1.72. The molecular formula is C13H19BrO3. The minimum Gasteiger partial charge on any atom is -0.493 e. The van der Waals surface area contributed by atoms with Crippen molar-refractivity contribution in [1.29, 1.82) is 0 Å². The Balaban J connectivity index is 2.49. The van der Waals surface area contributed by atoms with Gasteiger partial charge in [0.05, 0.1) is 13.7 Å². The Morgan fingerprint density at radius 1 is 1.12 bits per heavy atom. The molecule has 0 N–H and O–H groups in total. The Labute approximate surface area is 111 Å². The van der Waals surface area contributed by atoms with Gasteiger partial charge in [0.2, 0.25) is 0 Å². The first kappa shape index (κ1) is 14.3. The van der Waals surface area contributed by atoms with Gasteiger partial charge in [0, 0.05) is 11.9 Å². The van der Waals surface area contributed by atoms with Crippen LogP contribution >= 0.6 is 15.9 Å². The second kappa shape index (κ2) is 8.37. The summed E-state index contributed by atoms with van der Waals surface area (Å²) in [5, 5.41) is 0.805. The van der Waals surface area contributed by atoms with Gasteiger partial charge in [-0.05, 0) is 24.1 Å². The van der Waals surface area contributed by atoms with E-state index in [-0.39, 0.29) is 0 Å². The van der Waals surface area contributed by atoms with Crippen LogP contribution in [0.2, 0.25) is 0 Å². The van der Waals surface area contributed by atoms with E-state index in [1.54, 1.807) is 7.11 Å². The van der Waals surface area contributed by atoms with Crippen molar-refractivity contribution in [1.82, 2.24) is 0 Å². The number of ether oxygens (including phenoxy) is 3. The predicted molar refractivity (Wildman–Crippen MR) is 72.2 cm³/mol. The van der Waals surface area contributed by atoms with Crippen LogP contribution in [0.3, 0.4) is 0 Å². The molecule has 0 heterocycles. The lowest BCUT2D eigenvalue weighted by molar-refractivity contribution is 0.0995. The topological polar surface area (TPSA) is 27.7 Å². The highest BCUT2D eigenvalue weighted by atomic mass is 79.9. The highest BCUT2D eigenvalue weighted by molar-refractivity contribution is 9.08. The van der Waals surface area contributed by atoms with Crippen LogP contribution in [-0.2, 0) is 10.1 Å². The molecule has 0 aliphatic rings. The molecule has 0 aliphatic carbocycles. The summed E-state index contributed by atoms with van der Waals surface area (Å²) in [4.78, 5) is 0. The highest BCUT2D eigenvalue weighted by Crippen LogP contribution is 2.28. The van der Waals surface area contributed by atoms with Gasteiger partial charge < -0.3 is 14.2 Å².